The number of pyridine rings is 1. The first-order chi connectivity index (χ1) is 11.7. The lowest BCUT2D eigenvalue weighted by molar-refractivity contribution is -0.122. The van der Waals surface area contributed by atoms with Crippen LogP contribution >= 0.6 is 11.3 Å². The fourth-order valence-corrected chi connectivity index (χ4v) is 4.14. The molecule has 0 bridgehead atoms. The molecule has 3 aromatic rings. The highest BCUT2D eigenvalue weighted by Crippen LogP contribution is 2.35. The van der Waals surface area contributed by atoms with Crippen molar-refractivity contribution in [3.63, 3.8) is 0 Å². The lowest BCUT2D eigenvalue weighted by atomic mass is 9.95. The smallest absolute Gasteiger partial charge is 0.220 e. The largest absolute Gasteiger partial charge is 0.371 e. The van der Waals surface area contributed by atoms with Gasteiger partial charge < -0.3 is 10.6 Å². The molecule has 0 aliphatic carbocycles. The number of benzene rings is 1. The van der Waals surface area contributed by atoms with E-state index in [4.69, 9.17) is 10.7 Å². The fraction of sp³-hybridized carbons (Fsp3) is 0.263. The standard InChI is InChI=1S/C19H19N3OS/c20-18(23)14-6-9-22(10-7-14)17-12-16(13-4-2-1-3-5-13)21-19-15(17)8-11-24-19/h1-5,8,11-12,14H,6-7,9-10H2,(H2,20,23). The third-order valence-electron chi connectivity index (χ3n) is 4.72. The lowest BCUT2D eigenvalue weighted by Gasteiger charge is -2.33. The molecule has 1 aromatic carbocycles. The summed E-state index contributed by atoms with van der Waals surface area (Å²) in [4.78, 5) is 19.6. The highest BCUT2D eigenvalue weighted by Gasteiger charge is 2.24. The molecule has 2 N–H and O–H groups in total. The van der Waals surface area contributed by atoms with Crippen molar-refractivity contribution in [2.24, 2.45) is 11.7 Å². The summed E-state index contributed by atoms with van der Waals surface area (Å²) < 4.78 is 0. The van der Waals surface area contributed by atoms with E-state index in [1.54, 1.807) is 11.3 Å². The summed E-state index contributed by atoms with van der Waals surface area (Å²) >= 11 is 1.67. The maximum absolute atomic E-state index is 11.4. The Kier molecular flexibility index (Phi) is 3.94. The molecule has 1 fully saturated rings. The zero-order chi connectivity index (χ0) is 16.5. The van der Waals surface area contributed by atoms with Crippen LogP contribution in [0, 0.1) is 5.92 Å². The average molecular weight is 337 g/mol. The summed E-state index contributed by atoms with van der Waals surface area (Å²) in [7, 11) is 0. The minimum atomic E-state index is -0.171. The number of aromatic nitrogens is 1. The topological polar surface area (TPSA) is 59.2 Å². The zero-order valence-corrected chi connectivity index (χ0v) is 14.1. The van der Waals surface area contributed by atoms with E-state index in [-0.39, 0.29) is 11.8 Å². The zero-order valence-electron chi connectivity index (χ0n) is 13.3. The molecule has 3 heterocycles. The van der Waals surface area contributed by atoms with Gasteiger partial charge in [0.2, 0.25) is 5.91 Å². The molecule has 1 aliphatic heterocycles. The number of primary amides is 1. The summed E-state index contributed by atoms with van der Waals surface area (Å²) in [6.45, 7) is 1.72. The van der Waals surface area contributed by atoms with Gasteiger partial charge in [-0.05, 0) is 30.4 Å². The van der Waals surface area contributed by atoms with E-state index in [1.165, 1.54) is 11.1 Å². The number of anilines is 1. The number of piperidine rings is 1. The van der Waals surface area contributed by atoms with Crippen molar-refractivity contribution < 1.29 is 4.79 Å². The summed E-state index contributed by atoms with van der Waals surface area (Å²) in [6, 6.07) is 14.6. The number of rotatable bonds is 3. The maximum Gasteiger partial charge on any atom is 0.220 e. The Bertz CT molecular complexity index is 867. The number of carbonyl (C=O) groups is 1. The van der Waals surface area contributed by atoms with Crippen molar-refractivity contribution in [2.45, 2.75) is 12.8 Å². The van der Waals surface area contributed by atoms with Crippen molar-refractivity contribution in [3.8, 4) is 11.3 Å². The molecular formula is C19H19N3OS. The van der Waals surface area contributed by atoms with Gasteiger partial charge in [0.1, 0.15) is 4.83 Å². The minimum absolute atomic E-state index is 0.00893. The molecule has 1 amide bonds. The third-order valence-corrected chi connectivity index (χ3v) is 5.53. The Balaban J connectivity index is 1.72. The number of thiophene rings is 1. The van der Waals surface area contributed by atoms with Crippen LogP contribution in [-0.4, -0.2) is 24.0 Å². The van der Waals surface area contributed by atoms with Gasteiger partial charge in [0.15, 0.2) is 0 Å². The average Bonchev–Trinajstić information content (AvgIpc) is 3.10. The van der Waals surface area contributed by atoms with E-state index in [2.05, 4.69) is 34.5 Å². The van der Waals surface area contributed by atoms with Crippen molar-refractivity contribution in [2.75, 3.05) is 18.0 Å². The van der Waals surface area contributed by atoms with Gasteiger partial charge in [0.25, 0.3) is 0 Å². The van der Waals surface area contributed by atoms with Crippen molar-refractivity contribution in [1.82, 2.24) is 4.98 Å². The van der Waals surface area contributed by atoms with E-state index in [0.717, 1.165) is 42.0 Å². The molecule has 4 rings (SSSR count). The molecule has 2 aromatic heterocycles. The molecule has 0 spiro atoms. The molecular weight excluding hydrogens is 318 g/mol. The normalized spacial score (nSPS) is 15.8. The summed E-state index contributed by atoms with van der Waals surface area (Å²) in [5.74, 6) is -0.162. The maximum atomic E-state index is 11.4. The van der Waals surface area contributed by atoms with Gasteiger partial charge in [0, 0.05) is 35.6 Å². The molecule has 24 heavy (non-hydrogen) atoms. The van der Waals surface area contributed by atoms with E-state index in [1.807, 2.05) is 18.2 Å². The van der Waals surface area contributed by atoms with Gasteiger partial charge in [-0.25, -0.2) is 4.98 Å². The highest BCUT2D eigenvalue weighted by molar-refractivity contribution is 7.16. The van der Waals surface area contributed by atoms with E-state index in [9.17, 15) is 4.79 Å². The predicted molar refractivity (Wildman–Crippen MR) is 99.2 cm³/mol. The number of nitrogens with two attached hydrogens (primary N) is 1. The molecule has 5 heteroatoms. The van der Waals surface area contributed by atoms with Gasteiger partial charge in [0.05, 0.1) is 5.69 Å². The van der Waals surface area contributed by atoms with Gasteiger partial charge in [-0.1, -0.05) is 30.3 Å². The summed E-state index contributed by atoms with van der Waals surface area (Å²) in [5, 5.41) is 3.28. The van der Waals surface area contributed by atoms with E-state index in [0.29, 0.717) is 0 Å². The van der Waals surface area contributed by atoms with Gasteiger partial charge >= 0.3 is 0 Å². The predicted octanol–water partition coefficient (Wildman–Crippen LogP) is 3.67. The lowest BCUT2D eigenvalue weighted by Crippen LogP contribution is -2.38. The second-order valence-corrected chi connectivity index (χ2v) is 7.09. The van der Waals surface area contributed by atoms with Crippen LogP contribution in [0.25, 0.3) is 21.5 Å². The number of nitrogens with zero attached hydrogens (tertiary/aromatic N) is 2. The Morgan fingerprint density at radius 3 is 2.62 bits per heavy atom. The second kappa shape index (κ2) is 6.24. The monoisotopic (exact) mass is 337 g/mol. The first-order valence-corrected chi connectivity index (χ1v) is 9.08. The third kappa shape index (κ3) is 2.76. The number of hydrogen-bond acceptors (Lipinski definition) is 4. The van der Waals surface area contributed by atoms with Crippen LogP contribution in [0.1, 0.15) is 12.8 Å². The molecule has 0 saturated carbocycles. The van der Waals surface area contributed by atoms with Crippen LogP contribution in [0.3, 0.4) is 0 Å². The van der Waals surface area contributed by atoms with Crippen LogP contribution in [-0.2, 0) is 4.79 Å². The van der Waals surface area contributed by atoms with E-state index < -0.39 is 0 Å². The van der Waals surface area contributed by atoms with Gasteiger partial charge in [-0.2, -0.15) is 0 Å². The first kappa shape index (κ1) is 15.1. The van der Waals surface area contributed by atoms with Crippen LogP contribution in [0.5, 0.6) is 0 Å². The van der Waals surface area contributed by atoms with Crippen LogP contribution in [0.2, 0.25) is 0 Å². The first-order valence-electron chi connectivity index (χ1n) is 8.20. The molecule has 1 saturated heterocycles. The second-order valence-electron chi connectivity index (χ2n) is 6.20. The summed E-state index contributed by atoms with van der Waals surface area (Å²) in [5.41, 5.74) is 8.79. The van der Waals surface area contributed by atoms with Crippen molar-refractivity contribution in [1.29, 1.82) is 0 Å². The number of carbonyl (C=O) groups excluding carboxylic acids is 1. The fourth-order valence-electron chi connectivity index (χ4n) is 3.36. The van der Waals surface area contributed by atoms with Crippen LogP contribution in [0.4, 0.5) is 5.69 Å². The number of hydrogen-bond donors (Lipinski definition) is 1. The molecule has 0 atom stereocenters. The molecule has 0 unspecified atom stereocenters. The minimum Gasteiger partial charge on any atom is -0.371 e. The molecule has 0 radical (unpaired) electrons. The quantitative estimate of drug-likeness (QED) is 0.793. The Hall–Kier alpha value is -2.40. The van der Waals surface area contributed by atoms with Gasteiger partial charge in [-0.3, -0.25) is 4.79 Å². The van der Waals surface area contributed by atoms with Gasteiger partial charge in [-0.15, -0.1) is 11.3 Å². The van der Waals surface area contributed by atoms with Crippen molar-refractivity contribution >= 4 is 33.1 Å². The Morgan fingerprint density at radius 2 is 1.92 bits per heavy atom. The number of amides is 1. The van der Waals surface area contributed by atoms with E-state index >= 15 is 0 Å². The Morgan fingerprint density at radius 1 is 1.17 bits per heavy atom. The highest BCUT2D eigenvalue weighted by atomic mass is 32.1. The SMILES string of the molecule is NC(=O)C1CCN(c2cc(-c3ccccc3)nc3sccc23)CC1. The van der Waals surface area contributed by atoms with Crippen molar-refractivity contribution in [3.05, 3.63) is 47.8 Å². The van der Waals surface area contributed by atoms with Crippen LogP contribution < -0.4 is 10.6 Å². The molecule has 1 aliphatic rings. The number of fused-ring (bicyclic) bond motifs is 1. The Labute approximate surface area is 144 Å². The molecule has 4 nitrogen and oxygen atoms in total. The molecule has 122 valence electrons. The summed E-state index contributed by atoms with van der Waals surface area (Å²) in [6.07, 6.45) is 1.65. The van der Waals surface area contributed by atoms with Crippen LogP contribution in [0.15, 0.2) is 47.8 Å².